The molecule has 118 valence electrons. The van der Waals surface area contributed by atoms with Gasteiger partial charge in [-0.15, -0.1) is 10.2 Å². The smallest absolute Gasteiger partial charge is 0.197 e. The fraction of sp³-hybridized carbons (Fsp3) is 0.133. The number of aromatic nitrogens is 3. The van der Waals surface area contributed by atoms with E-state index in [1.165, 1.54) is 30.8 Å². The predicted octanol–water partition coefficient (Wildman–Crippen LogP) is 4.21. The lowest BCUT2D eigenvalue weighted by Crippen LogP contribution is -1.93. The van der Waals surface area contributed by atoms with E-state index >= 15 is 0 Å². The zero-order valence-electron chi connectivity index (χ0n) is 12.0. The summed E-state index contributed by atoms with van der Waals surface area (Å²) in [4.78, 5) is 13.9. The third kappa shape index (κ3) is 3.62. The molecule has 0 aliphatic rings. The van der Waals surface area contributed by atoms with Crippen LogP contribution in [-0.2, 0) is 4.79 Å². The lowest BCUT2D eigenvalue weighted by atomic mass is 10.2. The molecule has 3 aromatic rings. The van der Waals surface area contributed by atoms with E-state index in [1.54, 1.807) is 18.2 Å². The van der Waals surface area contributed by atoms with Crippen LogP contribution in [0.2, 0.25) is 5.02 Å². The second-order valence-corrected chi connectivity index (χ2v) is 6.13. The maximum atomic E-state index is 13.2. The molecule has 8 heteroatoms. The zero-order valence-corrected chi connectivity index (χ0v) is 13.5. The minimum Gasteiger partial charge on any atom is -0.453 e. The summed E-state index contributed by atoms with van der Waals surface area (Å²) in [6.45, 7) is 1.51. The molecular formula is C15H11ClFN3O2S. The standard InChI is InChI=1S/C15H11ClFN3O2S/c1-8(21)7-23-15-18-14(19-20-15)13-5-4-12(22-13)9-2-3-11(17)10(16)6-9/h2-6H,7H2,1H3,(H,18,19,20). The minimum atomic E-state index is -0.482. The summed E-state index contributed by atoms with van der Waals surface area (Å²) in [5.41, 5.74) is 0.661. The van der Waals surface area contributed by atoms with E-state index in [0.29, 0.717) is 33.8 Å². The Balaban J connectivity index is 1.81. The van der Waals surface area contributed by atoms with E-state index in [0.717, 1.165) is 0 Å². The van der Waals surface area contributed by atoms with Crippen LogP contribution in [0.3, 0.4) is 0 Å². The van der Waals surface area contributed by atoms with Gasteiger partial charge in [0.1, 0.15) is 17.4 Å². The van der Waals surface area contributed by atoms with E-state index in [-0.39, 0.29) is 10.8 Å². The monoisotopic (exact) mass is 351 g/mol. The van der Waals surface area contributed by atoms with Crippen LogP contribution >= 0.6 is 23.4 Å². The maximum Gasteiger partial charge on any atom is 0.197 e. The molecule has 0 saturated heterocycles. The highest BCUT2D eigenvalue weighted by molar-refractivity contribution is 7.99. The number of benzene rings is 1. The number of thioether (sulfide) groups is 1. The Bertz CT molecular complexity index is 862. The molecule has 0 radical (unpaired) electrons. The predicted molar refractivity (Wildman–Crippen MR) is 85.9 cm³/mol. The number of nitrogens with one attached hydrogen (secondary N) is 1. The number of aromatic amines is 1. The molecule has 0 atom stereocenters. The van der Waals surface area contributed by atoms with Crippen LogP contribution in [0.1, 0.15) is 6.92 Å². The number of H-pyrrole nitrogens is 1. The van der Waals surface area contributed by atoms with Gasteiger partial charge in [-0.1, -0.05) is 23.4 Å². The Labute approximate surface area is 140 Å². The van der Waals surface area contributed by atoms with Gasteiger partial charge in [-0.05, 0) is 37.3 Å². The maximum absolute atomic E-state index is 13.2. The first-order valence-corrected chi connectivity index (χ1v) is 8.00. The normalized spacial score (nSPS) is 10.9. The summed E-state index contributed by atoms with van der Waals surface area (Å²) in [5.74, 6) is 1.38. The highest BCUT2D eigenvalue weighted by Crippen LogP contribution is 2.29. The van der Waals surface area contributed by atoms with Crippen molar-refractivity contribution in [3.63, 3.8) is 0 Å². The fourth-order valence-corrected chi connectivity index (χ4v) is 2.65. The number of rotatable bonds is 5. The van der Waals surface area contributed by atoms with Crippen LogP contribution < -0.4 is 0 Å². The Morgan fingerprint density at radius 3 is 2.83 bits per heavy atom. The van der Waals surface area contributed by atoms with Crippen molar-refractivity contribution >= 4 is 29.1 Å². The summed E-state index contributed by atoms with van der Waals surface area (Å²) >= 11 is 7.05. The minimum absolute atomic E-state index is 0.0306. The lowest BCUT2D eigenvalue weighted by molar-refractivity contribution is -0.114. The Morgan fingerprint density at radius 2 is 2.09 bits per heavy atom. The molecule has 0 unspecified atom stereocenters. The fourth-order valence-electron chi connectivity index (χ4n) is 1.86. The SMILES string of the molecule is CC(=O)CSc1nnc(-c2ccc(-c3ccc(F)c(Cl)c3)o2)[nH]1. The second kappa shape index (κ2) is 6.55. The van der Waals surface area contributed by atoms with Gasteiger partial charge in [-0.2, -0.15) is 0 Å². The number of carbonyl (C=O) groups is 1. The number of hydrogen-bond donors (Lipinski definition) is 1. The number of carbonyl (C=O) groups excluding carboxylic acids is 1. The molecule has 0 bridgehead atoms. The van der Waals surface area contributed by atoms with Crippen molar-refractivity contribution in [3.05, 3.63) is 41.2 Å². The molecule has 5 nitrogen and oxygen atoms in total. The Hall–Kier alpha value is -2.12. The van der Waals surface area contributed by atoms with Gasteiger partial charge in [0.05, 0.1) is 10.8 Å². The van der Waals surface area contributed by atoms with Crippen molar-refractivity contribution in [1.29, 1.82) is 0 Å². The summed E-state index contributed by atoms with van der Waals surface area (Å²) in [6, 6.07) is 7.83. The van der Waals surface area contributed by atoms with E-state index < -0.39 is 5.82 Å². The van der Waals surface area contributed by atoms with Gasteiger partial charge in [-0.3, -0.25) is 4.79 Å². The number of nitrogens with zero attached hydrogens (tertiary/aromatic N) is 2. The van der Waals surface area contributed by atoms with Crippen LogP contribution in [0.4, 0.5) is 4.39 Å². The third-order valence-corrected chi connectivity index (χ3v) is 4.22. The highest BCUT2D eigenvalue weighted by atomic mass is 35.5. The van der Waals surface area contributed by atoms with Crippen molar-refractivity contribution < 1.29 is 13.6 Å². The molecule has 0 saturated carbocycles. The zero-order chi connectivity index (χ0) is 16.4. The third-order valence-electron chi connectivity index (χ3n) is 2.92. The number of furan rings is 1. The van der Waals surface area contributed by atoms with Crippen LogP contribution in [-0.4, -0.2) is 26.7 Å². The first-order valence-electron chi connectivity index (χ1n) is 6.63. The molecule has 1 N–H and O–H groups in total. The second-order valence-electron chi connectivity index (χ2n) is 4.76. The van der Waals surface area contributed by atoms with E-state index in [1.807, 2.05) is 0 Å². The molecule has 0 aliphatic carbocycles. The Morgan fingerprint density at radius 1 is 1.30 bits per heavy atom. The molecule has 3 rings (SSSR count). The van der Waals surface area contributed by atoms with Gasteiger partial charge < -0.3 is 9.40 Å². The largest absolute Gasteiger partial charge is 0.453 e. The van der Waals surface area contributed by atoms with E-state index in [2.05, 4.69) is 15.2 Å². The average Bonchev–Trinajstić information content (AvgIpc) is 3.16. The van der Waals surface area contributed by atoms with Crippen LogP contribution in [0, 0.1) is 5.82 Å². The molecule has 2 aromatic heterocycles. The summed E-state index contributed by atoms with van der Waals surface area (Å²) < 4.78 is 18.9. The topological polar surface area (TPSA) is 71.8 Å². The molecule has 2 heterocycles. The lowest BCUT2D eigenvalue weighted by Gasteiger charge is -1.99. The van der Waals surface area contributed by atoms with E-state index in [9.17, 15) is 9.18 Å². The van der Waals surface area contributed by atoms with Crippen molar-refractivity contribution in [2.45, 2.75) is 12.1 Å². The Kier molecular flexibility index (Phi) is 4.49. The first kappa shape index (κ1) is 15.8. The van der Waals surface area contributed by atoms with Gasteiger partial charge in [0, 0.05) is 5.56 Å². The van der Waals surface area contributed by atoms with Crippen LogP contribution in [0.5, 0.6) is 0 Å². The molecule has 0 amide bonds. The summed E-state index contributed by atoms with van der Waals surface area (Å²) in [7, 11) is 0. The molecule has 23 heavy (non-hydrogen) atoms. The van der Waals surface area contributed by atoms with Crippen molar-refractivity contribution in [1.82, 2.24) is 15.2 Å². The number of hydrogen-bond acceptors (Lipinski definition) is 5. The average molecular weight is 352 g/mol. The van der Waals surface area contributed by atoms with Gasteiger partial charge in [0.25, 0.3) is 0 Å². The van der Waals surface area contributed by atoms with Crippen LogP contribution in [0.25, 0.3) is 22.9 Å². The summed E-state index contributed by atoms with van der Waals surface area (Å²) in [5, 5.41) is 8.50. The summed E-state index contributed by atoms with van der Waals surface area (Å²) in [6.07, 6.45) is 0. The first-order chi connectivity index (χ1) is 11.0. The van der Waals surface area contributed by atoms with E-state index in [4.69, 9.17) is 16.0 Å². The number of ketones is 1. The molecule has 0 aliphatic heterocycles. The number of halogens is 2. The van der Waals surface area contributed by atoms with Crippen molar-refractivity contribution in [2.75, 3.05) is 5.75 Å². The molecule has 0 fully saturated rings. The molecule has 0 spiro atoms. The molecular weight excluding hydrogens is 341 g/mol. The van der Waals surface area contributed by atoms with Gasteiger partial charge in [-0.25, -0.2) is 4.39 Å². The van der Waals surface area contributed by atoms with Crippen molar-refractivity contribution in [2.24, 2.45) is 0 Å². The molecule has 1 aromatic carbocycles. The van der Waals surface area contributed by atoms with Gasteiger partial charge in [0.15, 0.2) is 16.7 Å². The van der Waals surface area contributed by atoms with Crippen LogP contribution in [0.15, 0.2) is 39.9 Å². The van der Waals surface area contributed by atoms with Gasteiger partial charge >= 0.3 is 0 Å². The highest BCUT2D eigenvalue weighted by Gasteiger charge is 2.13. The quantitative estimate of drug-likeness (QED) is 0.697. The van der Waals surface area contributed by atoms with Crippen molar-refractivity contribution in [3.8, 4) is 22.9 Å². The van der Waals surface area contributed by atoms with Gasteiger partial charge in [0.2, 0.25) is 0 Å². The number of Topliss-reactive ketones (excluding diaryl/α,β-unsaturated/α-hetero) is 1.